The van der Waals surface area contributed by atoms with E-state index in [1.165, 1.54) is 44.5 Å². The summed E-state index contributed by atoms with van der Waals surface area (Å²) in [6.07, 6.45) is 4.05. The Morgan fingerprint density at radius 2 is 2.15 bits per heavy atom. The van der Waals surface area contributed by atoms with Gasteiger partial charge in [0, 0.05) is 29.3 Å². The largest absolute Gasteiger partial charge is 0.398 e. The lowest BCUT2D eigenvalue weighted by Gasteiger charge is -2.46. The van der Waals surface area contributed by atoms with E-state index in [4.69, 9.17) is 5.73 Å². The number of piperidine rings is 2. The van der Waals surface area contributed by atoms with Crippen molar-refractivity contribution in [3.8, 4) is 0 Å². The average molecular weight is 338 g/mol. The molecule has 20 heavy (non-hydrogen) atoms. The second kappa shape index (κ2) is 6.04. The quantitative estimate of drug-likeness (QED) is 0.842. The van der Waals surface area contributed by atoms with Gasteiger partial charge in [0.15, 0.2) is 0 Å². The van der Waals surface area contributed by atoms with E-state index in [0.717, 1.165) is 28.7 Å². The first-order valence-corrected chi connectivity index (χ1v) is 8.39. The highest BCUT2D eigenvalue weighted by Crippen LogP contribution is 2.30. The van der Waals surface area contributed by atoms with E-state index in [9.17, 15) is 0 Å². The Labute approximate surface area is 130 Å². The van der Waals surface area contributed by atoms with Crippen molar-refractivity contribution in [2.45, 2.75) is 31.8 Å². The van der Waals surface area contributed by atoms with Gasteiger partial charge in [-0.2, -0.15) is 0 Å². The monoisotopic (exact) mass is 337 g/mol. The summed E-state index contributed by atoms with van der Waals surface area (Å²) in [7, 11) is 2.29. The summed E-state index contributed by atoms with van der Waals surface area (Å²) in [5.74, 6) is 0.846. The number of benzene rings is 1. The van der Waals surface area contributed by atoms with Crippen LogP contribution in [0.4, 0.5) is 5.69 Å². The highest BCUT2D eigenvalue weighted by Gasteiger charge is 2.34. The van der Waals surface area contributed by atoms with Crippen LogP contribution < -0.4 is 5.73 Å². The maximum atomic E-state index is 6.13. The molecule has 0 radical (unpaired) electrons. The number of nitrogen functional groups attached to an aromatic ring is 1. The van der Waals surface area contributed by atoms with Gasteiger partial charge < -0.3 is 10.6 Å². The van der Waals surface area contributed by atoms with Crippen molar-refractivity contribution in [2.24, 2.45) is 5.92 Å². The van der Waals surface area contributed by atoms with E-state index in [2.05, 4.69) is 44.9 Å². The minimum atomic E-state index is 0.808. The molecule has 2 aliphatic heterocycles. The summed E-state index contributed by atoms with van der Waals surface area (Å²) in [5, 5.41) is 0. The van der Waals surface area contributed by atoms with Gasteiger partial charge >= 0.3 is 0 Å². The number of likely N-dealkylation sites (tertiary alicyclic amines) is 2. The van der Waals surface area contributed by atoms with Crippen molar-refractivity contribution in [3.63, 3.8) is 0 Å². The van der Waals surface area contributed by atoms with Crippen molar-refractivity contribution >= 4 is 21.6 Å². The molecule has 0 saturated carbocycles. The number of hydrogen-bond acceptors (Lipinski definition) is 3. The molecule has 2 fully saturated rings. The Kier molecular flexibility index (Phi) is 4.34. The molecule has 2 saturated heterocycles. The molecular weight excluding hydrogens is 314 g/mol. The van der Waals surface area contributed by atoms with E-state index in [1.54, 1.807) is 0 Å². The third kappa shape index (κ3) is 3.02. The van der Waals surface area contributed by atoms with Gasteiger partial charge in [-0.05, 0) is 63.0 Å². The lowest BCUT2D eigenvalue weighted by Crippen LogP contribution is -2.52. The van der Waals surface area contributed by atoms with Crippen LogP contribution in [0.5, 0.6) is 0 Å². The lowest BCUT2D eigenvalue weighted by molar-refractivity contribution is 0.0355. The fourth-order valence-corrected chi connectivity index (χ4v) is 4.20. The first kappa shape index (κ1) is 14.4. The second-order valence-electron chi connectivity index (χ2n) is 6.32. The van der Waals surface area contributed by atoms with Gasteiger partial charge in [-0.1, -0.05) is 22.0 Å². The number of anilines is 1. The normalized spacial score (nSPS) is 28.3. The van der Waals surface area contributed by atoms with Crippen molar-refractivity contribution in [2.75, 3.05) is 32.4 Å². The molecule has 2 atom stereocenters. The molecule has 0 bridgehead atoms. The van der Waals surface area contributed by atoms with Gasteiger partial charge in [0.05, 0.1) is 0 Å². The highest BCUT2D eigenvalue weighted by molar-refractivity contribution is 9.10. The van der Waals surface area contributed by atoms with Crippen molar-refractivity contribution in [1.82, 2.24) is 9.80 Å². The highest BCUT2D eigenvalue weighted by atomic mass is 79.9. The van der Waals surface area contributed by atoms with Crippen LogP contribution in [-0.4, -0.2) is 42.5 Å². The Bertz CT molecular complexity index is 477. The minimum Gasteiger partial charge on any atom is -0.398 e. The molecule has 0 spiro atoms. The Morgan fingerprint density at radius 1 is 1.30 bits per heavy atom. The van der Waals surface area contributed by atoms with Gasteiger partial charge in [0.2, 0.25) is 0 Å². The summed E-state index contributed by atoms with van der Waals surface area (Å²) in [6.45, 7) is 4.69. The van der Waals surface area contributed by atoms with Gasteiger partial charge in [-0.25, -0.2) is 0 Å². The van der Waals surface area contributed by atoms with Crippen molar-refractivity contribution < 1.29 is 0 Å². The molecule has 2 unspecified atom stereocenters. The van der Waals surface area contributed by atoms with Crippen LogP contribution in [0.25, 0.3) is 0 Å². The van der Waals surface area contributed by atoms with E-state index in [1.807, 2.05) is 6.07 Å². The number of hydrogen-bond donors (Lipinski definition) is 1. The summed E-state index contributed by atoms with van der Waals surface area (Å²) in [6, 6.07) is 7.06. The predicted octanol–water partition coefficient (Wildman–Crippen LogP) is 2.95. The van der Waals surface area contributed by atoms with Crippen LogP contribution in [0.1, 0.15) is 24.8 Å². The molecule has 3 nitrogen and oxygen atoms in total. The summed E-state index contributed by atoms with van der Waals surface area (Å²) in [4.78, 5) is 5.15. The fourth-order valence-electron chi connectivity index (χ4n) is 3.82. The molecule has 110 valence electrons. The Morgan fingerprint density at radius 3 is 2.95 bits per heavy atom. The zero-order valence-corrected chi connectivity index (χ0v) is 13.8. The van der Waals surface area contributed by atoms with Crippen LogP contribution in [0.3, 0.4) is 0 Å². The Hall–Kier alpha value is -0.580. The summed E-state index contributed by atoms with van der Waals surface area (Å²) in [5.41, 5.74) is 8.29. The minimum absolute atomic E-state index is 0.808. The molecule has 1 aromatic rings. The maximum absolute atomic E-state index is 6.13. The van der Waals surface area contributed by atoms with E-state index >= 15 is 0 Å². The van der Waals surface area contributed by atoms with Gasteiger partial charge in [0.1, 0.15) is 0 Å². The van der Waals surface area contributed by atoms with Crippen molar-refractivity contribution in [3.05, 3.63) is 28.2 Å². The van der Waals surface area contributed by atoms with Gasteiger partial charge in [-0.3, -0.25) is 4.90 Å². The standard InChI is InChI=1S/C16H24BrN3/c1-19-7-2-3-13-11-20(8-6-16(13)19)10-12-4-5-14(17)9-15(12)18/h4-5,9,13,16H,2-3,6-8,10-11,18H2,1H3. The molecule has 2 heterocycles. The first-order chi connectivity index (χ1) is 9.63. The molecule has 3 rings (SSSR count). The van der Waals surface area contributed by atoms with E-state index in [0.29, 0.717) is 0 Å². The average Bonchev–Trinajstić information content (AvgIpc) is 2.42. The van der Waals surface area contributed by atoms with Crippen LogP contribution in [-0.2, 0) is 6.54 Å². The number of halogens is 1. The molecule has 0 aliphatic carbocycles. The molecule has 0 aromatic heterocycles. The number of nitrogens with two attached hydrogens (primary N) is 1. The molecule has 1 aromatic carbocycles. The fraction of sp³-hybridized carbons (Fsp3) is 0.625. The predicted molar refractivity (Wildman–Crippen MR) is 87.6 cm³/mol. The molecular formula is C16H24BrN3. The Balaban J connectivity index is 1.64. The topological polar surface area (TPSA) is 32.5 Å². The molecule has 4 heteroatoms. The summed E-state index contributed by atoms with van der Waals surface area (Å²) >= 11 is 3.47. The summed E-state index contributed by atoms with van der Waals surface area (Å²) < 4.78 is 1.06. The van der Waals surface area contributed by atoms with Crippen LogP contribution in [0.2, 0.25) is 0 Å². The smallest absolute Gasteiger partial charge is 0.0371 e. The SMILES string of the molecule is CN1CCCC2CN(Cc3ccc(Br)cc3N)CCC21. The maximum Gasteiger partial charge on any atom is 0.0371 e. The third-order valence-electron chi connectivity index (χ3n) is 4.93. The van der Waals surface area contributed by atoms with Gasteiger partial charge in [0.25, 0.3) is 0 Å². The number of fused-ring (bicyclic) bond motifs is 1. The van der Waals surface area contributed by atoms with Gasteiger partial charge in [-0.15, -0.1) is 0 Å². The second-order valence-corrected chi connectivity index (χ2v) is 7.23. The molecule has 0 amide bonds. The molecule has 2 N–H and O–H groups in total. The van der Waals surface area contributed by atoms with Crippen LogP contribution in [0.15, 0.2) is 22.7 Å². The number of rotatable bonds is 2. The van der Waals surface area contributed by atoms with Crippen LogP contribution in [0, 0.1) is 5.92 Å². The molecule has 2 aliphatic rings. The zero-order valence-electron chi connectivity index (χ0n) is 12.2. The van der Waals surface area contributed by atoms with Crippen LogP contribution >= 0.6 is 15.9 Å². The van der Waals surface area contributed by atoms with Crippen molar-refractivity contribution in [1.29, 1.82) is 0 Å². The lowest BCUT2D eigenvalue weighted by atomic mass is 9.84. The first-order valence-electron chi connectivity index (χ1n) is 7.60. The van der Waals surface area contributed by atoms with E-state index in [-0.39, 0.29) is 0 Å². The number of nitrogens with zero attached hydrogens (tertiary/aromatic N) is 2. The zero-order chi connectivity index (χ0) is 14.1. The van der Waals surface area contributed by atoms with E-state index < -0.39 is 0 Å². The third-order valence-corrected chi connectivity index (χ3v) is 5.42.